The van der Waals surface area contributed by atoms with Crippen LogP contribution in [0.5, 0.6) is 5.75 Å². The molecule has 0 spiro atoms. The number of hydrogen-bond donors (Lipinski definition) is 0. The van der Waals surface area contributed by atoms with Gasteiger partial charge in [-0.25, -0.2) is 8.42 Å². The van der Waals surface area contributed by atoms with Gasteiger partial charge in [0.15, 0.2) is 0 Å². The van der Waals surface area contributed by atoms with Crippen molar-refractivity contribution in [2.24, 2.45) is 0 Å². The summed E-state index contributed by atoms with van der Waals surface area (Å²) in [6, 6.07) is 4.17. The molecule has 8 heteroatoms. The molecule has 0 aliphatic carbocycles. The Morgan fingerprint density at radius 3 is 2.60 bits per heavy atom. The highest BCUT2D eigenvalue weighted by atomic mass is 35.7. The molecular formula is C12H15Cl2NO4S. The second-order valence-corrected chi connectivity index (χ2v) is 7.31. The fourth-order valence-corrected chi connectivity index (χ4v) is 2.94. The van der Waals surface area contributed by atoms with E-state index in [0.29, 0.717) is 12.4 Å². The molecule has 0 N–H and O–H groups in total. The topological polar surface area (TPSA) is 55.8 Å². The highest BCUT2D eigenvalue weighted by Gasteiger charge is 2.14. The fraction of sp³-hybridized carbons (Fsp3) is 0.500. The van der Waals surface area contributed by atoms with Crippen molar-refractivity contribution < 1.29 is 17.9 Å². The average molecular weight is 340 g/mol. The van der Waals surface area contributed by atoms with Gasteiger partial charge in [0.2, 0.25) is 0 Å². The van der Waals surface area contributed by atoms with Crippen molar-refractivity contribution >= 4 is 31.3 Å². The third-order valence-corrected chi connectivity index (χ3v) is 4.60. The largest absolute Gasteiger partial charge is 0.491 e. The van der Waals surface area contributed by atoms with Crippen LogP contribution in [0.25, 0.3) is 0 Å². The molecule has 0 aromatic heterocycles. The first-order chi connectivity index (χ1) is 9.47. The molecule has 0 unspecified atom stereocenters. The third kappa shape index (κ3) is 4.49. The summed E-state index contributed by atoms with van der Waals surface area (Å²) in [5, 5.41) is 0.230. The van der Waals surface area contributed by atoms with E-state index in [1.165, 1.54) is 18.2 Å². The Kier molecular flexibility index (Phi) is 5.51. The maximum atomic E-state index is 11.2. The number of hydrogen-bond acceptors (Lipinski definition) is 5. The number of benzene rings is 1. The first kappa shape index (κ1) is 15.9. The van der Waals surface area contributed by atoms with Crippen LogP contribution in [0.2, 0.25) is 5.02 Å². The minimum atomic E-state index is -3.77. The van der Waals surface area contributed by atoms with E-state index in [1.54, 1.807) is 0 Å². The summed E-state index contributed by atoms with van der Waals surface area (Å²) in [4.78, 5) is 2.19. The molecule has 1 fully saturated rings. The van der Waals surface area contributed by atoms with E-state index in [9.17, 15) is 8.42 Å². The van der Waals surface area contributed by atoms with E-state index >= 15 is 0 Å². The van der Waals surface area contributed by atoms with Crippen molar-refractivity contribution in [3.05, 3.63) is 23.2 Å². The molecule has 0 atom stereocenters. The number of nitrogens with zero attached hydrogens (tertiary/aromatic N) is 1. The molecule has 0 saturated carbocycles. The Morgan fingerprint density at radius 2 is 2.00 bits per heavy atom. The second-order valence-electron chi connectivity index (χ2n) is 4.33. The van der Waals surface area contributed by atoms with Crippen molar-refractivity contribution in [1.29, 1.82) is 0 Å². The van der Waals surface area contributed by atoms with Gasteiger partial charge in [-0.05, 0) is 18.2 Å². The van der Waals surface area contributed by atoms with Gasteiger partial charge in [0.1, 0.15) is 12.4 Å². The number of halogens is 2. The van der Waals surface area contributed by atoms with Gasteiger partial charge >= 0.3 is 0 Å². The maximum absolute atomic E-state index is 11.2. The minimum absolute atomic E-state index is 0.0373. The monoisotopic (exact) mass is 339 g/mol. The molecule has 1 saturated heterocycles. The van der Waals surface area contributed by atoms with Crippen molar-refractivity contribution in [3.63, 3.8) is 0 Å². The minimum Gasteiger partial charge on any atom is -0.491 e. The first-order valence-electron chi connectivity index (χ1n) is 6.14. The summed E-state index contributed by atoms with van der Waals surface area (Å²) in [6.45, 7) is 4.51. The van der Waals surface area contributed by atoms with Crippen LogP contribution in [-0.4, -0.2) is 52.8 Å². The Labute approximate surface area is 127 Å². The lowest BCUT2D eigenvalue weighted by Gasteiger charge is -2.26. The summed E-state index contributed by atoms with van der Waals surface area (Å²) in [7, 11) is 1.47. The zero-order chi connectivity index (χ0) is 14.6. The van der Waals surface area contributed by atoms with Crippen LogP contribution >= 0.6 is 22.3 Å². The highest BCUT2D eigenvalue weighted by molar-refractivity contribution is 8.13. The van der Waals surface area contributed by atoms with Crippen LogP contribution < -0.4 is 4.74 Å². The lowest BCUT2D eigenvalue weighted by Crippen LogP contribution is -2.38. The zero-order valence-corrected chi connectivity index (χ0v) is 13.0. The highest BCUT2D eigenvalue weighted by Crippen LogP contribution is 2.28. The van der Waals surface area contributed by atoms with Gasteiger partial charge in [0.05, 0.1) is 23.1 Å². The molecule has 0 bridgehead atoms. The van der Waals surface area contributed by atoms with E-state index in [4.69, 9.17) is 31.8 Å². The number of morpholine rings is 1. The first-order valence-corrected chi connectivity index (χ1v) is 8.82. The number of rotatable bonds is 5. The normalized spacial score (nSPS) is 17.1. The van der Waals surface area contributed by atoms with E-state index in [-0.39, 0.29) is 9.92 Å². The molecule has 1 heterocycles. The average Bonchev–Trinajstić information content (AvgIpc) is 2.40. The van der Waals surface area contributed by atoms with Crippen LogP contribution in [0.1, 0.15) is 0 Å². The van der Waals surface area contributed by atoms with Crippen LogP contribution in [0.4, 0.5) is 0 Å². The van der Waals surface area contributed by atoms with Crippen LogP contribution in [0.3, 0.4) is 0 Å². The Hall–Kier alpha value is -0.530. The molecule has 1 aromatic rings. The molecule has 1 aliphatic heterocycles. The van der Waals surface area contributed by atoms with Gasteiger partial charge in [-0.1, -0.05) is 11.6 Å². The Balaban J connectivity index is 1.90. The van der Waals surface area contributed by atoms with Gasteiger partial charge in [-0.3, -0.25) is 4.90 Å². The smallest absolute Gasteiger partial charge is 0.261 e. The van der Waals surface area contributed by atoms with Gasteiger partial charge < -0.3 is 9.47 Å². The summed E-state index contributed by atoms with van der Waals surface area (Å²) < 4.78 is 33.1. The van der Waals surface area contributed by atoms with Gasteiger partial charge in [0, 0.05) is 30.3 Å². The van der Waals surface area contributed by atoms with E-state index in [0.717, 1.165) is 32.8 Å². The standard InChI is InChI=1S/C12H15Cl2NO4S/c13-11-9-10(20(14,16)17)1-2-12(11)19-8-5-15-3-6-18-7-4-15/h1-2,9H,3-8H2. The summed E-state index contributed by atoms with van der Waals surface area (Å²) in [5.74, 6) is 0.448. The predicted molar refractivity (Wildman–Crippen MR) is 77.2 cm³/mol. The van der Waals surface area contributed by atoms with Crippen molar-refractivity contribution in [3.8, 4) is 5.75 Å². The van der Waals surface area contributed by atoms with Gasteiger partial charge in [-0.2, -0.15) is 0 Å². The van der Waals surface area contributed by atoms with Crippen LogP contribution in [0.15, 0.2) is 23.1 Å². The van der Waals surface area contributed by atoms with Crippen molar-refractivity contribution in [1.82, 2.24) is 4.90 Å². The molecule has 5 nitrogen and oxygen atoms in total. The lowest BCUT2D eigenvalue weighted by molar-refractivity contribution is 0.0322. The molecule has 1 aliphatic rings. The van der Waals surface area contributed by atoms with Gasteiger partial charge in [-0.15, -0.1) is 0 Å². The van der Waals surface area contributed by atoms with E-state index < -0.39 is 9.05 Å². The summed E-state index contributed by atoms with van der Waals surface area (Å²) in [5.41, 5.74) is 0. The fourth-order valence-electron chi connectivity index (χ4n) is 1.86. The molecular weight excluding hydrogens is 325 g/mol. The molecule has 0 radical (unpaired) electrons. The third-order valence-electron chi connectivity index (χ3n) is 2.95. The maximum Gasteiger partial charge on any atom is 0.261 e. The molecule has 20 heavy (non-hydrogen) atoms. The number of ether oxygens (including phenoxy) is 2. The van der Waals surface area contributed by atoms with Gasteiger partial charge in [0.25, 0.3) is 9.05 Å². The van der Waals surface area contributed by atoms with E-state index in [1.807, 2.05) is 0 Å². The van der Waals surface area contributed by atoms with Crippen LogP contribution in [-0.2, 0) is 13.8 Å². The van der Waals surface area contributed by atoms with Crippen molar-refractivity contribution in [2.45, 2.75) is 4.90 Å². The molecule has 1 aromatic carbocycles. The van der Waals surface area contributed by atoms with Crippen LogP contribution in [0, 0.1) is 0 Å². The quantitative estimate of drug-likeness (QED) is 0.767. The Morgan fingerprint density at radius 1 is 1.30 bits per heavy atom. The summed E-state index contributed by atoms with van der Waals surface area (Å²) >= 11 is 5.98. The molecule has 2 rings (SSSR count). The van der Waals surface area contributed by atoms with E-state index in [2.05, 4.69) is 4.90 Å². The molecule has 0 amide bonds. The summed E-state index contributed by atoms with van der Waals surface area (Å²) in [6.07, 6.45) is 0. The predicted octanol–water partition coefficient (Wildman–Crippen LogP) is 1.98. The zero-order valence-electron chi connectivity index (χ0n) is 10.7. The second kappa shape index (κ2) is 6.95. The SMILES string of the molecule is O=S(=O)(Cl)c1ccc(OCCN2CCOCC2)c(Cl)c1. The Bertz CT molecular complexity index is 559. The van der Waals surface area contributed by atoms with Crippen molar-refractivity contribution in [2.75, 3.05) is 39.5 Å². The lowest BCUT2D eigenvalue weighted by atomic mass is 10.3. The molecule has 112 valence electrons.